The number of rotatable bonds is 15. The molecule has 0 radical (unpaired) electrons. The second kappa shape index (κ2) is 14.2. The number of ether oxygens (including phenoxy) is 1. The van der Waals surface area contributed by atoms with Gasteiger partial charge in [0.2, 0.25) is 17.8 Å². The first-order valence-corrected chi connectivity index (χ1v) is 14.3. The van der Waals surface area contributed by atoms with Crippen molar-refractivity contribution in [3.05, 3.63) is 81.2 Å². The van der Waals surface area contributed by atoms with Crippen LogP contribution in [0.3, 0.4) is 0 Å². The summed E-state index contributed by atoms with van der Waals surface area (Å²) < 4.78 is 9.10. The number of benzene rings is 2. The largest absolute Gasteiger partial charge is 0.491 e. The van der Waals surface area contributed by atoms with Gasteiger partial charge in [-0.2, -0.15) is 5.10 Å². The number of carbonyl (C=O) groups is 3. The van der Waals surface area contributed by atoms with Crippen LogP contribution in [0, 0.1) is 17.0 Å². The molecule has 2 heterocycles. The van der Waals surface area contributed by atoms with Crippen LogP contribution < -0.4 is 26.8 Å². The zero-order valence-electron chi connectivity index (χ0n) is 25.2. The fraction of sp³-hybridized carbons (Fsp3) is 0.300. The Morgan fingerprint density at radius 3 is 2.49 bits per heavy atom. The maximum Gasteiger partial charge on any atom is 0.296 e. The van der Waals surface area contributed by atoms with E-state index in [4.69, 9.17) is 16.2 Å². The molecular weight excluding hydrogens is 582 g/mol. The molecule has 0 bridgehead atoms. The molecular formula is C30H35N9O6. The molecule has 45 heavy (non-hydrogen) atoms. The Hall–Kier alpha value is -5.73. The summed E-state index contributed by atoms with van der Waals surface area (Å²) in [6.45, 7) is 6.87. The van der Waals surface area contributed by atoms with Crippen molar-refractivity contribution < 1.29 is 24.0 Å². The molecule has 0 fully saturated rings. The number of nitrogens with one attached hydrogen (secondary N) is 2. The molecule has 2 aromatic carbocycles. The minimum Gasteiger partial charge on any atom is -0.491 e. The second-order valence-electron chi connectivity index (χ2n) is 10.1. The molecule has 0 unspecified atom stereocenters. The van der Waals surface area contributed by atoms with Crippen LogP contribution >= 0.6 is 0 Å². The van der Waals surface area contributed by atoms with Crippen molar-refractivity contribution in [1.82, 2.24) is 19.3 Å². The summed E-state index contributed by atoms with van der Waals surface area (Å²) in [6.07, 6.45) is 5.09. The van der Waals surface area contributed by atoms with E-state index < -0.39 is 22.6 Å². The number of imidazole rings is 1. The molecule has 0 aliphatic carbocycles. The van der Waals surface area contributed by atoms with E-state index in [1.807, 2.05) is 13.8 Å². The number of hydrogen-bond acceptors (Lipinski definition) is 9. The van der Waals surface area contributed by atoms with Crippen molar-refractivity contribution in [1.29, 1.82) is 0 Å². The normalized spacial score (nSPS) is 11.2. The second-order valence-corrected chi connectivity index (χ2v) is 10.1. The van der Waals surface area contributed by atoms with Gasteiger partial charge in [-0.25, -0.2) is 4.98 Å². The van der Waals surface area contributed by atoms with Gasteiger partial charge in [-0.05, 0) is 50.6 Å². The van der Waals surface area contributed by atoms with Crippen LogP contribution in [0.25, 0.3) is 11.0 Å². The van der Waals surface area contributed by atoms with E-state index in [-0.39, 0.29) is 47.3 Å². The maximum absolute atomic E-state index is 13.2. The van der Waals surface area contributed by atoms with E-state index in [1.165, 1.54) is 6.07 Å². The first kappa shape index (κ1) is 32.2. The molecule has 4 rings (SSSR count). The van der Waals surface area contributed by atoms with Gasteiger partial charge in [-0.1, -0.05) is 25.5 Å². The molecule has 0 saturated heterocycles. The summed E-state index contributed by atoms with van der Waals surface area (Å²) in [5.41, 5.74) is 13.0. The Balaban J connectivity index is 1.60. The summed E-state index contributed by atoms with van der Waals surface area (Å²) in [5.74, 6) is -1.44. The maximum atomic E-state index is 13.2. The molecule has 15 heteroatoms. The molecule has 3 amide bonds. The van der Waals surface area contributed by atoms with Crippen LogP contribution in [0.1, 0.15) is 63.6 Å². The number of allylic oxidation sites excluding steroid dienone is 1. The van der Waals surface area contributed by atoms with Gasteiger partial charge in [0.15, 0.2) is 5.69 Å². The van der Waals surface area contributed by atoms with Gasteiger partial charge in [0, 0.05) is 36.8 Å². The number of nitrogens with zero attached hydrogens (tertiary/aromatic N) is 5. The number of aryl methyl sites for hydroxylation is 2. The molecule has 2 aromatic heterocycles. The Labute approximate surface area is 258 Å². The van der Waals surface area contributed by atoms with E-state index in [0.29, 0.717) is 42.0 Å². The summed E-state index contributed by atoms with van der Waals surface area (Å²) in [5, 5.41) is 22.0. The smallest absolute Gasteiger partial charge is 0.296 e. The number of hydrogen-bond donors (Lipinski definition) is 4. The standard InChI is InChI=1S/C30H35N9O6/c1-4-6-13-45-25-17-20(28(32)41)16-23(39(43)44)26(25)33-11-7-8-12-37-22-10-9-19(27(31)40)15-21(22)34-30(37)35-29(42)24-14-18(3)36-38(24)5-2/h7-10,14-17,33H,4-6,11-13H2,1-3H3,(H2,31,40)(H2,32,41)(H,34,35,42)/b8-7+. The molecule has 0 saturated carbocycles. The average Bonchev–Trinajstić information content (AvgIpc) is 3.55. The van der Waals surface area contributed by atoms with Gasteiger partial charge in [0.05, 0.1) is 28.3 Å². The molecule has 6 N–H and O–H groups in total. The molecule has 0 aliphatic heterocycles. The molecule has 0 aliphatic rings. The number of amides is 3. The van der Waals surface area contributed by atoms with Crippen LogP contribution in [0.4, 0.5) is 17.3 Å². The lowest BCUT2D eigenvalue weighted by atomic mass is 10.1. The van der Waals surface area contributed by atoms with Crippen molar-refractivity contribution in [3.8, 4) is 5.75 Å². The van der Waals surface area contributed by atoms with Crippen LogP contribution in [0.5, 0.6) is 5.75 Å². The third-order valence-electron chi connectivity index (χ3n) is 6.86. The molecule has 15 nitrogen and oxygen atoms in total. The van der Waals surface area contributed by atoms with E-state index in [2.05, 4.69) is 20.7 Å². The van der Waals surface area contributed by atoms with Gasteiger partial charge >= 0.3 is 0 Å². The van der Waals surface area contributed by atoms with Gasteiger partial charge in [-0.15, -0.1) is 0 Å². The summed E-state index contributed by atoms with van der Waals surface area (Å²) >= 11 is 0. The Kier molecular flexibility index (Phi) is 10.1. The van der Waals surface area contributed by atoms with E-state index in [9.17, 15) is 24.5 Å². The van der Waals surface area contributed by atoms with Gasteiger partial charge in [-0.3, -0.25) is 34.5 Å². The number of anilines is 2. The Bertz CT molecular complexity index is 1790. The highest BCUT2D eigenvalue weighted by Crippen LogP contribution is 2.36. The van der Waals surface area contributed by atoms with Crippen LogP contribution in [0.15, 0.2) is 48.6 Å². The van der Waals surface area contributed by atoms with E-state index in [0.717, 1.165) is 12.5 Å². The Morgan fingerprint density at radius 1 is 1.07 bits per heavy atom. The number of primary amides is 2. The number of unbranched alkanes of at least 4 members (excludes halogenated alkanes) is 1. The zero-order valence-corrected chi connectivity index (χ0v) is 25.2. The first-order chi connectivity index (χ1) is 21.5. The number of nitro groups is 1. The molecule has 236 valence electrons. The number of fused-ring (bicyclic) bond motifs is 1. The minimum absolute atomic E-state index is 0.0347. The van der Waals surface area contributed by atoms with Crippen LogP contribution in [-0.4, -0.2) is 55.1 Å². The lowest BCUT2D eigenvalue weighted by Gasteiger charge is -2.14. The van der Waals surface area contributed by atoms with Gasteiger partial charge in [0.25, 0.3) is 11.6 Å². The number of carbonyl (C=O) groups excluding carboxylic acids is 3. The highest BCUT2D eigenvalue weighted by Gasteiger charge is 2.23. The summed E-state index contributed by atoms with van der Waals surface area (Å²) in [6, 6.07) is 8.98. The number of aromatic nitrogens is 4. The van der Waals surface area contributed by atoms with Crippen molar-refractivity contribution in [2.45, 2.75) is 46.7 Å². The fourth-order valence-electron chi connectivity index (χ4n) is 4.63. The van der Waals surface area contributed by atoms with Crippen LogP contribution in [0.2, 0.25) is 0 Å². The fourth-order valence-corrected chi connectivity index (χ4v) is 4.63. The predicted octanol–water partition coefficient (Wildman–Crippen LogP) is 3.77. The van der Waals surface area contributed by atoms with Gasteiger partial charge in [0.1, 0.15) is 11.4 Å². The molecule has 0 atom stereocenters. The quantitative estimate of drug-likeness (QED) is 0.0660. The Morgan fingerprint density at radius 2 is 1.82 bits per heavy atom. The lowest BCUT2D eigenvalue weighted by molar-refractivity contribution is -0.384. The van der Waals surface area contributed by atoms with E-state index >= 15 is 0 Å². The van der Waals surface area contributed by atoms with Gasteiger partial charge < -0.3 is 26.1 Å². The lowest BCUT2D eigenvalue weighted by Crippen LogP contribution is -2.19. The number of nitro benzene ring substituents is 1. The molecule has 4 aromatic rings. The third kappa shape index (κ3) is 7.44. The first-order valence-electron chi connectivity index (χ1n) is 14.3. The zero-order chi connectivity index (χ0) is 32.7. The minimum atomic E-state index is -0.808. The van der Waals surface area contributed by atoms with Crippen molar-refractivity contribution >= 4 is 46.1 Å². The summed E-state index contributed by atoms with van der Waals surface area (Å²) in [4.78, 5) is 52.5. The molecule has 0 spiro atoms. The highest BCUT2D eigenvalue weighted by atomic mass is 16.6. The number of nitrogens with two attached hydrogens (primary N) is 2. The summed E-state index contributed by atoms with van der Waals surface area (Å²) in [7, 11) is 0. The van der Waals surface area contributed by atoms with Crippen molar-refractivity contribution in [2.24, 2.45) is 11.5 Å². The SMILES string of the molecule is CCCCOc1cc(C(N)=O)cc([N+](=O)[O-])c1NC/C=C/Cn1c(NC(=O)c2cc(C)nn2CC)nc2cc(C(N)=O)ccc21. The topological polar surface area (TPSA) is 215 Å². The highest BCUT2D eigenvalue weighted by molar-refractivity contribution is 6.03. The monoisotopic (exact) mass is 617 g/mol. The van der Waals surface area contributed by atoms with E-state index in [1.54, 1.807) is 52.6 Å². The third-order valence-corrected chi connectivity index (χ3v) is 6.86. The average molecular weight is 618 g/mol. The van der Waals surface area contributed by atoms with Crippen molar-refractivity contribution in [3.63, 3.8) is 0 Å². The predicted molar refractivity (Wildman–Crippen MR) is 168 cm³/mol. The van der Waals surface area contributed by atoms with Crippen molar-refractivity contribution in [2.75, 3.05) is 23.8 Å². The van der Waals surface area contributed by atoms with Crippen LogP contribution in [-0.2, 0) is 13.1 Å².